The Morgan fingerprint density at radius 3 is 2.52 bits per heavy atom. The van der Waals surface area contributed by atoms with Gasteiger partial charge in [-0.25, -0.2) is 0 Å². The highest BCUT2D eigenvalue weighted by Gasteiger charge is 2.19. The molecule has 0 heterocycles. The standard InChI is InChI=1S/C15H15ClN2O4S/c1-21-12-7-8-14(22-2)15(9-12)23(19,20)18-17-10-11-5-3-4-6-13(11)16/h3-10,18H,1-2H3/b17-10+. The van der Waals surface area contributed by atoms with Crippen molar-refractivity contribution < 1.29 is 17.9 Å². The van der Waals surface area contributed by atoms with Crippen LogP contribution in [0.15, 0.2) is 52.5 Å². The molecule has 0 aliphatic heterocycles. The molecule has 23 heavy (non-hydrogen) atoms. The van der Waals surface area contributed by atoms with Gasteiger partial charge in [0.05, 0.1) is 20.4 Å². The van der Waals surface area contributed by atoms with E-state index in [1.807, 2.05) is 0 Å². The number of rotatable bonds is 6. The van der Waals surface area contributed by atoms with E-state index in [0.717, 1.165) is 0 Å². The lowest BCUT2D eigenvalue weighted by atomic mass is 10.2. The van der Waals surface area contributed by atoms with Crippen molar-refractivity contribution in [1.82, 2.24) is 4.83 Å². The van der Waals surface area contributed by atoms with Gasteiger partial charge in [-0.2, -0.15) is 18.4 Å². The Morgan fingerprint density at radius 2 is 1.87 bits per heavy atom. The third-order valence-corrected chi connectivity index (χ3v) is 4.53. The molecule has 122 valence electrons. The van der Waals surface area contributed by atoms with Crippen LogP contribution in [0.4, 0.5) is 0 Å². The summed E-state index contributed by atoms with van der Waals surface area (Å²) in [5.41, 5.74) is 0.592. The van der Waals surface area contributed by atoms with Crippen LogP contribution in [-0.4, -0.2) is 28.9 Å². The molecule has 2 aromatic carbocycles. The average Bonchev–Trinajstić information content (AvgIpc) is 2.56. The molecule has 1 N–H and O–H groups in total. The molecule has 0 aliphatic carbocycles. The van der Waals surface area contributed by atoms with Gasteiger partial charge in [-0.05, 0) is 18.2 Å². The van der Waals surface area contributed by atoms with Crippen LogP contribution in [0.5, 0.6) is 11.5 Å². The van der Waals surface area contributed by atoms with Gasteiger partial charge in [0.25, 0.3) is 10.0 Å². The molecular formula is C15H15ClN2O4S. The summed E-state index contributed by atoms with van der Waals surface area (Å²) < 4.78 is 34.8. The van der Waals surface area contributed by atoms with E-state index >= 15 is 0 Å². The number of nitrogens with one attached hydrogen (secondary N) is 1. The summed E-state index contributed by atoms with van der Waals surface area (Å²) in [6.45, 7) is 0. The zero-order valence-corrected chi connectivity index (χ0v) is 14.1. The van der Waals surface area contributed by atoms with Crippen LogP contribution >= 0.6 is 11.6 Å². The Labute approximate surface area is 139 Å². The van der Waals surface area contributed by atoms with Crippen LogP contribution < -0.4 is 14.3 Å². The van der Waals surface area contributed by atoms with Gasteiger partial charge in [0.1, 0.15) is 16.4 Å². The van der Waals surface area contributed by atoms with Gasteiger partial charge in [0, 0.05) is 16.7 Å². The molecule has 0 aliphatic rings. The van der Waals surface area contributed by atoms with Crippen LogP contribution in [0, 0.1) is 0 Å². The van der Waals surface area contributed by atoms with E-state index < -0.39 is 10.0 Å². The first-order chi connectivity index (χ1) is 11.0. The topological polar surface area (TPSA) is 77.0 Å². The molecular weight excluding hydrogens is 340 g/mol. The highest BCUT2D eigenvalue weighted by molar-refractivity contribution is 7.89. The minimum atomic E-state index is -3.91. The SMILES string of the molecule is COc1ccc(OC)c(S(=O)(=O)N/N=C/c2ccccc2Cl)c1. The molecule has 2 aromatic rings. The summed E-state index contributed by atoms with van der Waals surface area (Å²) in [5, 5.41) is 4.20. The summed E-state index contributed by atoms with van der Waals surface area (Å²) in [6.07, 6.45) is 1.33. The molecule has 0 radical (unpaired) electrons. The van der Waals surface area contributed by atoms with Crippen molar-refractivity contribution in [2.24, 2.45) is 5.10 Å². The summed E-state index contributed by atoms with van der Waals surface area (Å²) in [6, 6.07) is 11.4. The lowest BCUT2D eigenvalue weighted by Crippen LogP contribution is -2.19. The lowest BCUT2D eigenvalue weighted by molar-refractivity contribution is 0.392. The van der Waals surface area contributed by atoms with E-state index in [1.54, 1.807) is 30.3 Å². The number of sulfonamides is 1. The van der Waals surface area contributed by atoms with Crippen LogP contribution in [0.2, 0.25) is 5.02 Å². The van der Waals surface area contributed by atoms with Gasteiger partial charge < -0.3 is 9.47 Å². The number of hydrogen-bond donors (Lipinski definition) is 1. The summed E-state index contributed by atoms with van der Waals surface area (Å²) in [5.74, 6) is 0.576. The smallest absolute Gasteiger partial charge is 0.280 e. The fraction of sp³-hybridized carbons (Fsp3) is 0.133. The predicted octanol–water partition coefficient (Wildman–Crippen LogP) is 2.67. The van der Waals surface area contributed by atoms with Crippen LogP contribution in [-0.2, 0) is 10.0 Å². The number of hydrogen-bond acceptors (Lipinski definition) is 5. The molecule has 6 nitrogen and oxygen atoms in total. The van der Waals surface area contributed by atoms with Crippen LogP contribution in [0.3, 0.4) is 0 Å². The fourth-order valence-corrected chi connectivity index (χ4v) is 2.95. The van der Waals surface area contributed by atoms with Crippen LogP contribution in [0.25, 0.3) is 0 Å². The van der Waals surface area contributed by atoms with E-state index in [2.05, 4.69) is 9.93 Å². The predicted molar refractivity (Wildman–Crippen MR) is 88.9 cm³/mol. The first-order valence-corrected chi connectivity index (χ1v) is 8.35. The van der Waals surface area contributed by atoms with Crippen molar-refractivity contribution in [2.75, 3.05) is 14.2 Å². The number of methoxy groups -OCH3 is 2. The molecule has 0 spiro atoms. The van der Waals surface area contributed by atoms with Crippen molar-refractivity contribution in [1.29, 1.82) is 0 Å². The maximum atomic E-state index is 12.4. The van der Waals surface area contributed by atoms with E-state index in [4.69, 9.17) is 21.1 Å². The average molecular weight is 355 g/mol. The first kappa shape index (κ1) is 17.1. The maximum absolute atomic E-state index is 12.4. The molecule has 0 bridgehead atoms. The summed E-state index contributed by atoms with van der Waals surface area (Å²) in [7, 11) is -1.09. The fourth-order valence-electron chi connectivity index (χ4n) is 1.79. The van der Waals surface area contributed by atoms with Crippen molar-refractivity contribution in [3.63, 3.8) is 0 Å². The maximum Gasteiger partial charge on any atom is 0.280 e. The molecule has 0 saturated heterocycles. The highest BCUT2D eigenvalue weighted by Crippen LogP contribution is 2.27. The first-order valence-electron chi connectivity index (χ1n) is 6.49. The lowest BCUT2D eigenvalue weighted by Gasteiger charge is -2.10. The Hall–Kier alpha value is -2.25. The monoisotopic (exact) mass is 354 g/mol. The van der Waals surface area contributed by atoms with Gasteiger partial charge >= 0.3 is 0 Å². The third kappa shape index (κ3) is 4.14. The van der Waals surface area contributed by atoms with E-state index in [1.165, 1.54) is 32.6 Å². The number of benzene rings is 2. The van der Waals surface area contributed by atoms with Crippen molar-refractivity contribution in [3.05, 3.63) is 53.1 Å². The number of ether oxygens (including phenoxy) is 2. The van der Waals surface area contributed by atoms with Crippen molar-refractivity contribution >= 4 is 27.8 Å². The van der Waals surface area contributed by atoms with Crippen molar-refractivity contribution in [3.8, 4) is 11.5 Å². The molecule has 0 amide bonds. The zero-order valence-electron chi connectivity index (χ0n) is 12.5. The molecule has 2 rings (SSSR count). The minimum Gasteiger partial charge on any atom is -0.497 e. The normalized spacial score (nSPS) is 11.4. The molecule has 0 atom stereocenters. The Morgan fingerprint density at radius 1 is 1.13 bits per heavy atom. The molecule has 0 fully saturated rings. The quantitative estimate of drug-likeness (QED) is 0.639. The highest BCUT2D eigenvalue weighted by atomic mass is 35.5. The van der Waals surface area contributed by atoms with Gasteiger partial charge in [0.15, 0.2) is 0 Å². The Kier molecular flexibility index (Phi) is 5.46. The van der Waals surface area contributed by atoms with Crippen LogP contribution in [0.1, 0.15) is 5.56 Å². The second kappa shape index (κ2) is 7.34. The zero-order chi connectivity index (χ0) is 16.9. The van der Waals surface area contributed by atoms with E-state index in [-0.39, 0.29) is 10.6 Å². The minimum absolute atomic E-state index is 0.0735. The second-order valence-electron chi connectivity index (χ2n) is 4.39. The van der Waals surface area contributed by atoms with Gasteiger partial charge in [-0.1, -0.05) is 29.8 Å². The van der Waals surface area contributed by atoms with E-state index in [9.17, 15) is 8.42 Å². The Bertz CT molecular complexity index is 822. The molecule has 0 unspecified atom stereocenters. The summed E-state index contributed by atoms with van der Waals surface area (Å²) >= 11 is 5.97. The Balaban J connectivity index is 2.27. The second-order valence-corrected chi connectivity index (χ2v) is 6.43. The number of hydrazone groups is 1. The van der Waals surface area contributed by atoms with Gasteiger partial charge in [-0.3, -0.25) is 0 Å². The van der Waals surface area contributed by atoms with Gasteiger partial charge in [0.2, 0.25) is 0 Å². The summed E-state index contributed by atoms with van der Waals surface area (Å²) in [4.78, 5) is 2.05. The largest absolute Gasteiger partial charge is 0.497 e. The molecule has 0 aromatic heterocycles. The number of halogens is 1. The molecule has 8 heteroatoms. The van der Waals surface area contributed by atoms with E-state index in [0.29, 0.717) is 16.3 Å². The number of nitrogens with zero attached hydrogens (tertiary/aromatic N) is 1. The molecule has 0 saturated carbocycles. The third-order valence-electron chi connectivity index (χ3n) is 2.94. The van der Waals surface area contributed by atoms with Crippen molar-refractivity contribution in [2.45, 2.75) is 4.90 Å². The van der Waals surface area contributed by atoms with Gasteiger partial charge in [-0.15, -0.1) is 0 Å².